The maximum atomic E-state index is 12.6. The van der Waals surface area contributed by atoms with Crippen molar-refractivity contribution in [3.63, 3.8) is 0 Å². The Hall–Kier alpha value is -2.14. The first-order valence-electron chi connectivity index (χ1n) is 7.98. The Bertz CT molecular complexity index is 673. The number of nitrogens with zero attached hydrogens (tertiary/aromatic N) is 2. The summed E-state index contributed by atoms with van der Waals surface area (Å²) in [6, 6.07) is 11.4. The van der Waals surface area contributed by atoms with Crippen molar-refractivity contribution in [2.75, 3.05) is 6.54 Å². The lowest BCUT2D eigenvalue weighted by Gasteiger charge is -2.33. The van der Waals surface area contributed by atoms with Crippen molar-refractivity contribution >= 4 is 5.91 Å². The largest absolute Gasteiger partial charge is 0.388 e. The highest BCUT2D eigenvalue weighted by molar-refractivity contribution is 5.79. The van der Waals surface area contributed by atoms with Gasteiger partial charge in [0.05, 0.1) is 23.8 Å². The van der Waals surface area contributed by atoms with Gasteiger partial charge in [-0.3, -0.25) is 4.79 Å². The van der Waals surface area contributed by atoms with Crippen molar-refractivity contribution in [1.82, 2.24) is 10.1 Å². The minimum absolute atomic E-state index is 0.0115. The molecule has 0 spiro atoms. The first kappa shape index (κ1) is 15.7. The molecule has 0 bridgehead atoms. The predicted octanol–water partition coefficient (Wildman–Crippen LogP) is 2.65. The Balaban J connectivity index is 1.70. The van der Waals surface area contributed by atoms with E-state index in [-0.39, 0.29) is 18.4 Å². The van der Waals surface area contributed by atoms with E-state index in [0.29, 0.717) is 18.0 Å². The van der Waals surface area contributed by atoms with Gasteiger partial charge in [0.25, 0.3) is 0 Å². The summed E-state index contributed by atoms with van der Waals surface area (Å²) in [6.45, 7) is 4.20. The molecule has 122 valence electrons. The molecule has 5 nitrogen and oxygen atoms in total. The quantitative estimate of drug-likeness (QED) is 0.942. The van der Waals surface area contributed by atoms with Crippen molar-refractivity contribution in [3.8, 4) is 11.3 Å². The van der Waals surface area contributed by atoms with Crippen molar-refractivity contribution < 1.29 is 14.4 Å². The average Bonchev–Trinajstić information content (AvgIpc) is 3.16. The SMILES string of the molecule is CC(C)(O)C1CCCN1C(=O)Cc1cc(-c2ccccc2)on1. The molecule has 23 heavy (non-hydrogen) atoms. The van der Waals surface area contributed by atoms with Crippen molar-refractivity contribution in [3.05, 3.63) is 42.1 Å². The molecule has 1 amide bonds. The van der Waals surface area contributed by atoms with E-state index in [2.05, 4.69) is 5.16 Å². The van der Waals surface area contributed by atoms with Crippen LogP contribution in [0.3, 0.4) is 0 Å². The molecule has 1 aromatic heterocycles. The number of hydrogen-bond acceptors (Lipinski definition) is 4. The van der Waals surface area contributed by atoms with Crippen LogP contribution in [0.4, 0.5) is 0 Å². The highest BCUT2D eigenvalue weighted by Crippen LogP contribution is 2.27. The number of benzene rings is 1. The molecule has 1 saturated heterocycles. The van der Waals surface area contributed by atoms with Crippen LogP contribution in [0.2, 0.25) is 0 Å². The Morgan fingerprint density at radius 2 is 2.13 bits per heavy atom. The van der Waals surface area contributed by atoms with E-state index in [9.17, 15) is 9.90 Å². The number of amides is 1. The lowest BCUT2D eigenvalue weighted by molar-refractivity contribution is -0.135. The molecule has 2 heterocycles. The van der Waals surface area contributed by atoms with Gasteiger partial charge in [-0.25, -0.2) is 0 Å². The molecule has 0 saturated carbocycles. The Morgan fingerprint density at radius 1 is 1.39 bits per heavy atom. The number of aliphatic hydroxyl groups is 1. The molecule has 3 rings (SSSR count). The van der Waals surface area contributed by atoms with Crippen LogP contribution in [-0.4, -0.2) is 39.3 Å². The van der Waals surface area contributed by atoms with Crippen molar-refractivity contribution in [1.29, 1.82) is 0 Å². The van der Waals surface area contributed by atoms with Crippen LogP contribution in [0.25, 0.3) is 11.3 Å². The van der Waals surface area contributed by atoms with Crippen LogP contribution in [0.15, 0.2) is 40.9 Å². The zero-order valence-corrected chi connectivity index (χ0v) is 13.5. The smallest absolute Gasteiger partial charge is 0.229 e. The second-order valence-electron chi connectivity index (χ2n) is 6.62. The molecule has 0 radical (unpaired) electrons. The number of carbonyl (C=O) groups is 1. The monoisotopic (exact) mass is 314 g/mol. The summed E-state index contributed by atoms with van der Waals surface area (Å²) in [4.78, 5) is 14.3. The van der Waals surface area contributed by atoms with Gasteiger partial charge in [0.2, 0.25) is 5.91 Å². The van der Waals surface area contributed by atoms with Gasteiger partial charge >= 0.3 is 0 Å². The fourth-order valence-electron chi connectivity index (χ4n) is 3.19. The summed E-state index contributed by atoms with van der Waals surface area (Å²) in [5, 5.41) is 14.2. The molecule has 0 aliphatic carbocycles. The average molecular weight is 314 g/mol. The topological polar surface area (TPSA) is 66.6 Å². The number of aromatic nitrogens is 1. The highest BCUT2D eigenvalue weighted by Gasteiger charge is 2.38. The molecule has 1 aliphatic heterocycles. The maximum absolute atomic E-state index is 12.6. The second kappa shape index (κ2) is 6.16. The summed E-state index contributed by atoms with van der Waals surface area (Å²) in [5.74, 6) is 0.649. The van der Waals surface area contributed by atoms with Crippen LogP contribution in [0.5, 0.6) is 0 Å². The summed E-state index contributed by atoms with van der Waals surface area (Å²) in [7, 11) is 0. The van der Waals surface area contributed by atoms with Crippen LogP contribution in [0, 0.1) is 0 Å². The molecule has 1 fully saturated rings. The molecule has 1 aromatic carbocycles. The van der Waals surface area contributed by atoms with Gasteiger partial charge in [0, 0.05) is 18.2 Å². The van der Waals surface area contributed by atoms with Gasteiger partial charge in [-0.2, -0.15) is 0 Å². The van der Waals surface area contributed by atoms with Gasteiger partial charge in [-0.1, -0.05) is 35.5 Å². The zero-order chi connectivity index (χ0) is 16.4. The number of rotatable bonds is 4. The zero-order valence-electron chi connectivity index (χ0n) is 13.5. The lowest BCUT2D eigenvalue weighted by atomic mass is 9.96. The molecular weight excluding hydrogens is 292 g/mol. The number of carbonyl (C=O) groups excluding carboxylic acids is 1. The van der Waals surface area contributed by atoms with E-state index >= 15 is 0 Å². The van der Waals surface area contributed by atoms with Gasteiger partial charge < -0.3 is 14.5 Å². The normalized spacial score (nSPS) is 18.4. The first-order valence-corrected chi connectivity index (χ1v) is 7.98. The van der Waals surface area contributed by atoms with Gasteiger partial charge in [0.15, 0.2) is 5.76 Å². The fourth-order valence-corrected chi connectivity index (χ4v) is 3.19. The third-order valence-electron chi connectivity index (χ3n) is 4.34. The summed E-state index contributed by atoms with van der Waals surface area (Å²) < 4.78 is 5.34. The van der Waals surface area contributed by atoms with Crippen LogP contribution in [0.1, 0.15) is 32.4 Å². The summed E-state index contributed by atoms with van der Waals surface area (Å²) in [6.07, 6.45) is 1.96. The third-order valence-corrected chi connectivity index (χ3v) is 4.34. The summed E-state index contributed by atoms with van der Waals surface area (Å²) in [5.41, 5.74) is 0.676. The third kappa shape index (κ3) is 3.45. The molecule has 5 heteroatoms. The van der Waals surface area contributed by atoms with Crippen LogP contribution < -0.4 is 0 Å². The Morgan fingerprint density at radius 3 is 2.83 bits per heavy atom. The highest BCUT2D eigenvalue weighted by atomic mass is 16.5. The summed E-state index contributed by atoms with van der Waals surface area (Å²) >= 11 is 0. The molecule has 1 atom stereocenters. The van der Waals surface area contributed by atoms with E-state index in [0.717, 1.165) is 18.4 Å². The number of hydrogen-bond donors (Lipinski definition) is 1. The van der Waals surface area contributed by atoms with Crippen LogP contribution in [-0.2, 0) is 11.2 Å². The molecule has 1 unspecified atom stereocenters. The second-order valence-corrected chi connectivity index (χ2v) is 6.62. The van der Waals surface area contributed by atoms with Gasteiger partial charge in [0.1, 0.15) is 0 Å². The molecule has 2 aromatic rings. The molecule has 1 N–H and O–H groups in total. The van der Waals surface area contributed by atoms with Crippen molar-refractivity contribution in [2.45, 2.75) is 44.8 Å². The van der Waals surface area contributed by atoms with E-state index < -0.39 is 5.60 Å². The van der Waals surface area contributed by atoms with E-state index in [1.54, 1.807) is 18.7 Å². The maximum Gasteiger partial charge on any atom is 0.229 e. The minimum atomic E-state index is -0.884. The number of likely N-dealkylation sites (tertiary alicyclic amines) is 1. The van der Waals surface area contributed by atoms with Gasteiger partial charge in [-0.05, 0) is 26.7 Å². The van der Waals surface area contributed by atoms with E-state index in [1.165, 1.54) is 0 Å². The lowest BCUT2D eigenvalue weighted by Crippen LogP contribution is -2.48. The molecular formula is C18H22N2O3. The van der Waals surface area contributed by atoms with E-state index in [4.69, 9.17) is 4.52 Å². The minimum Gasteiger partial charge on any atom is -0.388 e. The standard InChI is InChI=1S/C18H22N2O3/c1-18(2,22)16-9-6-10-20(16)17(21)12-14-11-15(23-19-14)13-7-4-3-5-8-13/h3-5,7-8,11,16,22H,6,9-10,12H2,1-2H3. The molecule has 1 aliphatic rings. The predicted molar refractivity (Wildman–Crippen MR) is 86.7 cm³/mol. The fraction of sp³-hybridized carbons (Fsp3) is 0.444. The Labute approximate surface area is 135 Å². The van der Waals surface area contributed by atoms with E-state index in [1.807, 2.05) is 36.4 Å². The Kier molecular flexibility index (Phi) is 4.22. The van der Waals surface area contributed by atoms with Crippen molar-refractivity contribution in [2.24, 2.45) is 0 Å². The van der Waals surface area contributed by atoms with Gasteiger partial charge in [-0.15, -0.1) is 0 Å². The first-order chi connectivity index (χ1) is 10.9. The van der Waals surface area contributed by atoms with Crippen LogP contribution >= 0.6 is 0 Å².